The van der Waals surface area contributed by atoms with Crippen molar-refractivity contribution < 1.29 is 19.1 Å². The number of ether oxygens (including phenoxy) is 1. The maximum atomic E-state index is 12.3. The number of ketones is 1. The predicted molar refractivity (Wildman–Crippen MR) is 86.7 cm³/mol. The smallest absolute Gasteiger partial charge is 0.268 e. The van der Waals surface area contributed by atoms with Gasteiger partial charge in [-0.25, -0.2) is 0 Å². The van der Waals surface area contributed by atoms with Crippen molar-refractivity contribution in [2.75, 3.05) is 26.8 Å². The summed E-state index contributed by atoms with van der Waals surface area (Å²) in [5.74, 6) is -0.744. The standard InChI is InChI=1S/C16H25N3O4/c1-5-6-12-14(11(3)20)10(2)19-15(12)16(22)18-9-13(21)17-7-8-23-4/h19H,5-9H2,1-4H3,(H,17,21)(H,18,22). The number of methoxy groups -OCH3 is 1. The highest BCUT2D eigenvalue weighted by molar-refractivity contribution is 6.03. The van der Waals surface area contributed by atoms with Crippen LogP contribution in [0.2, 0.25) is 0 Å². The fourth-order valence-electron chi connectivity index (χ4n) is 2.45. The molecule has 0 atom stereocenters. The Morgan fingerprint density at radius 1 is 1.22 bits per heavy atom. The van der Waals surface area contributed by atoms with Gasteiger partial charge >= 0.3 is 0 Å². The summed E-state index contributed by atoms with van der Waals surface area (Å²) in [6, 6.07) is 0. The first-order valence-electron chi connectivity index (χ1n) is 7.68. The number of hydrogen-bond donors (Lipinski definition) is 3. The monoisotopic (exact) mass is 323 g/mol. The summed E-state index contributed by atoms with van der Waals surface area (Å²) in [6.07, 6.45) is 1.44. The van der Waals surface area contributed by atoms with E-state index in [2.05, 4.69) is 15.6 Å². The third-order valence-electron chi connectivity index (χ3n) is 3.41. The summed E-state index contributed by atoms with van der Waals surface area (Å²) in [7, 11) is 1.55. The van der Waals surface area contributed by atoms with Gasteiger partial charge in [0, 0.05) is 24.9 Å². The molecule has 0 aromatic carbocycles. The van der Waals surface area contributed by atoms with Crippen LogP contribution in [0.4, 0.5) is 0 Å². The summed E-state index contributed by atoms with van der Waals surface area (Å²) < 4.78 is 4.83. The van der Waals surface area contributed by atoms with Crippen LogP contribution in [0.1, 0.15) is 52.4 Å². The van der Waals surface area contributed by atoms with Gasteiger partial charge < -0.3 is 20.4 Å². The molecule has 0 spiro atoms. The van der Waals surface area contributed by atoms with Crippen LogP contribution in [-0.2, 0) is 16.0 Å². The minimum Gasteiger partial charge on any atom is -0.383 e. The van der Waals surface area contributed by atoms with E-state index < -0.39 is 0 Å². The summed E-state index contributed by atoms with van der Waals surface area (Å²) in [4.78, 5) is 38.7. The van der Waals surface area contributed by atoms with Gasteiger partial charge in [0.05, 0.1) is 13.2 Å². The lowest BCUT2D eigenvalue weighted by molar-refractivity contribution is -0.120. The molecule has 0 aliphatic carbocycles. The van der Waals surface area contributed by atoms with Gasteiger partial charge in [-0.3, -0.25) is 14.4 Å². The zero-order valence-electron chi connectivity index (χ0n) is 14.2. The van der Waals surface area contributed by atoms with Crippen LogP contribution in [-0.4, -0.2) is 49.4 Å². The fraction of sp³-hybridized carbons (Fsp3) is 0.562. The highest BCUT2D eigenvalue weighted by atomic mass is 16.5. The Balaban J connectivity index is 2.78. The van der Waals surface area contributed by atoms with Gasteiger partial charge in [0.2, 0.25) is 5.91 Å². The van der Waals surface area contributed by atoms with E-state index in [1.165, 1.54) is 6.92 Å². The number of H-pyrrole nitrogens is 1. The molecule has 1 heterocycles. The second-order valence-electron chi connectivity index (χ2n) is 5.31. The minimum absolute atomic E-state index is 0.0708. The zero-order valence-corrected chi connectivity index (χ0v) is 14.2. The molecule has 2 amide bonds. The molecule has 1 aromatic rings. The van der Waals surface area contributed by atoms with Gasteiger partial charge in [-0.15, -0.1) is 0 Å². The molecule has 7 heteroatoms. The Bertz CT molecular complexity index is 578. The van der Waals surface area contributed by atoms with Gasteiger partial charge in [0.1, 0.15) is 5.69 Å². The van der Waals surface area contributed by atoms with E-state index in [9.17, 15) is 14.4 Å². The Labute approximate surface area is 136 Å². The lowest BCUT2D eigenvalue weighted by Crippen LogP contribution is -2.38. The van der Waals surface area contributed by atoms with E-state index in [4.69, 9.17) is 4.74 Å². The first-order chi connectivity index (χ1) is 10.9. The number of hydrogen-bond acceptors (Lipinski definition) is 4. The van der Waals surface area contributed by atoms with Gasteiger partial charge in [0.25, 0.3) is 5.91 Å². The van der Waals surface area contributed by atoms with E-state index in [-0.39, 0.29) is 24.1 Å². The van der Waals surface area contributed by atoms with E-state index in [1.54, 1.807) is 14.0 Å². The van der Waals surface area contributed by atoms with E-state index in [0.717, 1.165) is 12.0 Å². The molecule has 0 aliphatic rings. The molecule has 128 valence electrons. The highest BCUT2D eigenvalue weighted by Gasteiger charge is 2.22. The molecular weight excluding hydrogens is 298 g/mol. The number of nitrogens with one attached hydrogen (secondary N) is 3. The van der Waals surface area contributed by atoms with Crippen LogP contribution in [0.15, 0.2) is 0 Å². The topological polar surface area (TPSA) is 100 Å². The van der Waals surface area contributed by atoms with Crippen molar-refractivity contribution in [3.63, 3.8) is 0 Å². The average molecular weight is 323 g/mol. The first-order valence-corrected chi connectivity index (χ1v) is 7.68. The summed E-state index contributed by atoms with van der Waals surface area (Å²) >= 11 is 0. The molecular formula is C16H25N3O4. The fourth-order valence-corrected chi connectivity index (χ4v) is 2.45. The number of carbonyl (C=O) groups excluding carboxylic acids is 3. The van der Waals surface area contributed by atoms with Crippen LogP contribution in [0.3, 0.4) is 0 Å². The summed E-state index contributed by atoms with van der Waals surface area (Å²) in [5.41, 5.74) is 2.33. The molecule has 0 fully saturated rings. The van der Waals surface area contributed by atoms with Crippen LogP contribution >= 0.6 is 0 Å². The minimum atomic E-state index is -0.383. The third-order valence-corrected chi connectivity index (χ3v) is 3.41. The molecule has 0 unspecified atom stereocenters. The number of aromatic nitrogens is 1. The second kappa shape index (κ2) is 9.09. The van der Waals surface area contributed by atoms with Crippen molar-refractivity contribution in [2.24, 2.45) is 0 Å². The molecule has 7 nitrogen and oxygen atoms in total. The number of rotatable bonds is 9. The maximum absolute atomic E-state index is 12.3. The van der Waals surface area contributed by atoms with Gasteiger partial charge in [-0.05, 0) is 25.8 Å². The van der Waals surface area contributed by atoms with Crippen LogP contribution < -0.4 is 10.6 Å². The number of aryl methyl sites for hydroxylation is 1. The number of amides is 2. The summed E-state index contributed by atoms with van der Waals surface area (Å²) in [5, 5.41) is 5.19. The SMILES string of the molecule is CCCc1c(C(=O)NCC(=O)NCCOC)[nH]c(C)c1C(C)=O. The van der Waals surface area contributed by atoms with Crippen LogP contribution in [0.5, 0.6) is 0 Å². The molecule has 0 bridgehead atoms. The quantitative estimate of drug-likeness (QED) is 0.466. The molecule has 0 saturated carbocycles. The van der Waals surface area contributed by atoms with Gasteiger partial charge in [0.15, 0.2) is 5.78 Å². The first kappa shape index (κ1) is 18.9. The van der Waals surface area contributed by atoms with E-state index >= 15 is 0 Å². The number of aromatic amines is 1. The Kier molecular flexibility index (Phi) is 7.47. The molecule has 3 N–H and O–H groups in total. The van der Waals surface area contributed by atoms with Crippen LogP contribution in [0, 0.1) is 6.92 Å². The zero-order chi connectivity index (χ0) is 17.4. The molecule has 1 rings (SSSR count). The Morgan fingerprint density at radius 3 is 2.48 bits per heavy atom. The van der Waals surface area contributed by atoms with Gasteiger partial charge in [-0.1, -0.05) is 13.3 Å². The lowest BCUT2D eigenvalue weighted by Gasteiger charge is -2.07. The predicted octanol–water partition coefficient (Wildman–Crippen LogP) is 0.971. The summed E-state index contributed by atoms with van der Waals surface area (Å²) in [6.45, 7) is 5.92. The van der Waals surface area contributed by atoms with Crippen molar-refractivity contribution in [1.82, 2.24) is 15.6 Å². The Morgan fingerprint density at radius 2 is 1.91 bits per heavy atom. The molecule has 23 heavy (non-hydrogen) atoms. The molecule has 0 aliphatic heterocycles. The van der Waals surface area contributed by atoms with E-state index in [1.807, 2.05) is 6.92 Å². The lowest BCUT2D eigenvalue weighted by atomic mass is 10.0. The maximum Gasteiger partial charge on any atom is 0.268 e. The van der Waals surface area contributed by atoms with Crippen molar-refractivity contribution >= 4 is 17.6 Å². The third kappa shape index (κ3) is 5.21. The molecule has 0 saturated heterocycles. The highest BCUT2D eigenvalue weighted by Crippen LogP contribution is 2.21. The van der Waals surface area contributed by atoms with Gasteiger partial charge in [-0.2, -0.15) is 0 Å². The second-order valence-corrected chi connectivity index (χ2v) is 5.31. The number of carbonyl (C=O) groups is 3. The average Bonchev–Trinajstić information content (AvgIpc) is 2.82. The normalized spacial score (nSPS) is 10.4. The largest absolute Gasteiger partial charge is 0.383 e. The van der Waals surface area contributed by atoms with Crippen molar-refractivity contribution in [3.8, 4) is 0 Å². The van der Waals surface area contributed by atoms with Crippen molar-refractivity contribution in [2.45, 2.75) is 33.6 Å². The van der Waals surface area contributed by atoms with Crippen molar-refractivity contribution in [1.29, 1.82) is 0 Å². The Hall–Kier alpha value is -2.15. The molecule has 1 aromatic heterocycles. The number of Topliss-reactive ketones (excluding diaryl/α,β-unsaturated/α-hetero) is 1. The van der Waals surface area contributed by atoms with Crippen molar-refractivity contribution in [3.05, 3.63) is 22.5 Å². The van der Waals surface area contributed by atoms with Crippen LogP contribution in [0.25, 0.3) is 0 Å². The van der Waals surface area contributed by atoms with E-state index in [0.29, 0.717) is 36.5 Å². The molecule has 0 radical (unpaired) electrons.